The van der Waals surface area contributed by atoms with Gasteiger partial charge < -0.3 is 4.98 Å². The van der Waals surface area contributed by atoms with Crippen molar-refractivity contribution in [3.05, 3.63) is 24.3 Å². The molecule has 0 bridgehead atoms. The molecule has 10 heteroatoms. The molecule has 0 spiro atoms. The Hall–Kier alpha value is -1.38. The Morgan fingerprint density at radius 2 is 1.76 bits per heavy atom. The SMILES string of the molecule is O=S(=O)(O)c1nc2ccccc2[nH]1.O=[P+](O)O. The lowest BCUT2D eigenvalue weighted by Crippen LogP contribution is -1.99. The van der Waals surface area contributed by atoms with Crippen LogP contribution in [-0.2, 0) is 14.7 Å². The first-order valence-corrected chi connectivity index (χ1v) is 6.68. The summed E-state index contributed by atoms with van der Waals surface area (Å²) in [5.41, 5.74) is 1.09. The van der Waals surface area contributed by atoms with Crippen LogP contribution in [0.2, 0.25) is 0 Å². The summed E-state index contributed by atoms with van der Waals surface area (Å²) >= 11 is 0. The standard InChI is InChI=1S/C7H6N2O3S.HO3P/c10-13(11,12)7-8-5-3-1-2-4-6(5)9-7;1-4(2)3/h1-4H,(H,8,9)(H,10,11,12);(H-,1,2,3)/p+1. The Morgan fingerprint density at radius 3 is 2.24 bits per heavy atom. The summed E-state index contributed by atoms with van der Waals surface area (Å²) in [5.74, 6) is 0. The van der Waals surface area contributed by atoms with Gasteiger partial charge in [-0.25, -0.2) is 4.98 Å². The van der Waals surface area contributed by atoms with E-state index in [1.165, 1.54) is 0 Å². The number of nitrogens with one attached hydrogen (secondary N) is 1. The van der Waals surface area contributed by atoms with Crippen molar-refractivity contribution >= 4 is 29.4 Å². The monoisotopic (exact) mass is 279 g/mol. The van der Waals surface area contributed by atoms with Gasteiger partial charge >= 0.3 is 18.4 Å². The van der Waals surface area contributed by atoms with Gasteiger partial charge in [0.2, 0.25) is 0 Å². The highest BCUT2D eigenvalue weighted by molar-refractivity contribution is 7.85. The lowest BCUT2D eigenvalue weighted by molar-refractivity contribution is 0.405. The van der Waals surface area contributed by atoms with E-state index in [1.807, 2.05) is 0 Å². The predicted octanol–water partition coefficient (Wildman–Crippen LogP) is 0.438. The topological polar surface area (TPSA) is 141 Å². The maximum Gasteiger partial charge on any atom is 0.692 e. The van der Waals surface area contributed by atoms with Gasteiger partial charge in [-0.3, -0.25) is 4.55 Å². The van der Waals surface area contributed by atoms with Crippen LogP contribution in [0.5, 0.6) is 0 Å². The van der Waals surface area contributed by atoms with E-state index < -0.39 is 23.5 Å². The van der Waals surface area contributed by atoms with Gasteiger partial charge in [0.25, 0.3) is 5.16 Å². The van der Waals surface area contributed by atoms with Crippen LogP contribution < -0.4 is 0 Å². The maximum absolute atomic E-state index is 10.7. The number of fused-ring (bicyclic) bond motifs is 1. The summed E-state index contributed by atoms with van der Waals surface area (Å²) in [7, 11) is -7.10. The Balaban J connectivity index is 0.000000317. The van der Waals surface area contributed by atoms with Gasteiger partial charge in [0.15, 0.2) is 0 Å². The zero-order valence-electron chi connectivity index (χ0n) is 8.18. The van der Waals surface area contributed by atoms with Gasteiger partial charge in [-0.15, -0.1) is 9.79 Å². The molecule has 0 atom stereocenters. The second-order valence-corrected chi connectivity index (χ2v) is 4.63. The Bertz CT molecular complexity index is 600. The average Bonchev–Trinajstić information content (AvgIpc) is 2.59. The van der Waals surface area contributed by atoms with Gasteiger partial charge in [-0.2, -0.15) is 8.42 Å². The zero-order chi connectivity index (χ0) is 13.1. The van der Waals surface area contributed by atoms with Gasteiger partial charge in [0, 0.05) is 4.57 Å². The lowest BCUT2D eigenvalue weighted by Gasteiger charge is -1.85. The first kappa shape index (κ1) is 13.7. The van der Waals surface area contributed by atoms with Crippen molar-refractivity contribution in [1.29, 1.82) is 0 Å². The summed E-state index contributed by atoms with van der Waals surface area (Å²) in [6.45, 7) is 0. The van der Waals surface area contributed by atoms with Crippen LogP contribution >= 0.6 is 8.25 Å². The number of imidazole rings is 1. The second kappa shape index (κ2) is 5.30. The average molecular weight is 279 g/mol. The molecule has 8 nitrogen and oxygen atoms in total. The van der Waals surface area contributed by atoms with E-state index in [-0.39, 0.29) is 0 Å². The molecule has 92 valence electrons. The van der Waals surface area contributed by atoms with E-state index in [2.05, 4.69) is 9.97 Å². The van der Waals surface area contributed by atoms with Crippen molar-refractivity contribution in [2.45, 2.75) is 5.16 Å². The zero-order valence-corrected chi connectivity index (χ0v) is 9.89. The van der Waals surface area contributed by atoms with Crippen molar-refractivity contribution in [2.24, 2.45) is 0 Å². The fourth-order valence-corrected chi connectivity index (χ4v) is 1.50. The summed E-state index contributed by atoms with van der Waals surface area (Å²) in [6.07, 6.45) is 0. The van der Waals surface area contributed by atoms with Gasteiger partial charge in [-0.05, 0) is 12.1 Å². The van der Waals surface area contributed by atoms with E-state index in [0.717, 1.165) is 0 Å². The number of benzene rings is 1. The van der Waals surface area contributed by atoms with E-state index in [4.69, 9.17) is 18.9 Å². The first-order valence-electron chi connectivity index (χ1n) is 4.08. The molecule has 0 fully saturated rings. The number of hydrogen-bond acceptors (Lipinski definition) is 4. The minimum atomic E-state index is -4.23. The lowest BCUT2D eigenvalue weighted by atomic mass is 10.3. The number of H-pyrrole nitrogens is 1. The van der Waals surface area contributed by atoms with Crippen LogP contribution in [0.4, 0.5) is 0 Å². The molecule has 0 saturated heterocycles. The third kappa shape index (κ3) is 4.17. The van der Waals surface area contributed by atoms with Gasteiger partial charge in [0.05, 0.1) is 11.0 Å². The predicted molar refractivity (Wildman–Crippen MR) is 58.0 cm³/mol. The van der Waals surface area contributed by atoms with Gasteiger partial charge in [-0.1, -0.05) is 12.1 Å². The van der Waals surface area contributed by atoms with Crippen LogP contribution in [0, 0.1) is 0 Å². The molecule has 1 heterocycles. The molecular formula is C7H8N2O6PS+. The van der Waals surface area contributed by atoms with E-state index in [9.17, 15) is 8.42 Å². The highest BCUT2D eigenvalue weighted by Crippen LogP contribution is 2.12. The number of para-hydroxylation sites is 2. The van der Waals surface area contributed by atoms with Crippen molar-refractivity contribution in [3.63, 3.8) is 0 Å². The first-order chi connectivity index (χ1) is 7.80. The molecule has 17 heavy (non-hydrogen) atoms. The normalized spacial score (nSPS) is 10.8. The molecule has 4 N–H and O–H groups in total. The largest absolute Gasteiger partial charge is 0.692 e. The molecular weight excluding hydrogens is 271 g/mol. The molecule has 0 aliphatic heterocycles. The minimum absolute atomic E-state index is 0.422. The summed E-state index contributed by atoms with van der Waals surface area (Å²) in [6, 6.07) is 6.81. The third-order valence-electron chi connectivity index (χ3n) is 1.61. The number of aromatic nitrogens is 2. The number of aromatic amines is 1. The van der Waals surface area contributed by atoms with Crippen molar-refractivity contribution < 1.29 is 27.3 Å². The molecule has 0 unspecified atom stereocenters. The second-order valence-electron chi connectivity index (χ2n) is 2.79. The summed E-state index contributed by atoms with van der Waals surface area (Å²) < 4.78 is 38.7. The molecule has 0 amide bonds. The molecule has 2 aromatic rings. The fourth-order valence-electron chi connectivity index (χ4n) is 1.05. The van der Waals surface area contributed by atoms with Crippen LogP contribution in [0.25, 0.3) is 11.0 Å². The highest BCUT2D eigenvalue weighted by Gasteiger charge is 2.14. The molecule has 0 aliphatic carbocycles. The fraction of sp³-hybridized carbons (Fsp3) is 0. The number of hydrogen-bond donors (Lipinski definition) is 4. The molecule has 0 saturated carbocycles. The van der Waals surface area contributed by atoms with Crippen molar-refractivity contribution in [2.75, 3.05) is 0 Å². The molecule has 0 radical (unpaired) electrons. The molecule has 1 aromatic carbocycles. The molecule has 0 aliphatic rings. The Labute approximate surface area is 96.6 Å². The Kier molecular flexibility index (Phi) is 4.27. The van der Waals surface area contributed by atoms with Crippen molar-refractivity contribution in [3.8, 4) is 0 Å². The summed E-state index contributed by atoms with van der Waals surface area (Å²) in [5, 5.41) is -0.422. The third-order valence-corrected chi connectivity index (χ3v) is 2.29. The quantitative estimate of drug-likeness (QED) is 0.438. The molecule has 2 rings (SSSR count). The number of rotatable bonds is 1. The number of nitrogens with zero attached hydrogens (tertiary/aromatic N) is 1. The van der Waals surface area contributed by atoms with Crippen LogP contribution in [0.3, 0.4) is 0 Å². The summed E-state index contributed by atoms with van der Waals surface area (Å²) in [4.78, 5) is 20.4. The van der Waals surface area contributed by atoms with Crippen LogP contribution in [0.1, 0.15) is 0 Å². The minimum Gasteiger partial charge on any atom is -0.327 e. The smallest absolute Gasteiger partial charge is 0.327 e. The van der Waals surface area contributed by atoms with Crippen LogP contribution in [-0.4, -0.2) is 32.7 Å². The Morgan fingerprint density at radius 1 is 1.24 bits per heavy atom. The highest BCUT2D eigenvalue weighted by atomic mass is 32.2. The van der Waals surface area contributed by atoms with E-state index >= 15 is 0 Å². The molecule has 1 aromatic heterocycles. The van der Waals surface area contributed by atoms with Crippen LogP contribution in [0.15, 0.2) is 29.4 Å². The van der Waals surface area contributed by atoms with Gasteiger partial charge in [0.1, 0.15) is 0 Å². The van der Waals surface area contributed by atoms with E-state index in [0.29, 0.717) is 11.0 Å². The van der Waals surface area contributed by atoms with E-state index in [1.54, 1.807) is 24.3 Å². The van der Waals surface area contributed by atoms with Crippen molar-refractivity contribution in [1.82, 2.24) is 9.97 Å². The maximum atomic E-state index is 10.7.